The van der Waals surface area contributed by atoms with Crippen LogP contribution >= 0.6 is 11.3 Å². The Morgan fingerprint density at radius 2 is 1.72 bits per heavy atom. The van der Waals surface area contributed by atoms with Crippen LogP contribution in [0.5, 0.6) is 0 Å². The first-order chi connectivity index (χ1) is 13.8. The van der Waals surface area contributed by atoms with E-state index >= 15 is 0 Å². The van der Waals surface area contributed by atoms with Gasteiger partial charge in [0.15, 0.2) is 5.69 Å². The van der Waals surface area contributed by atoms with Crippen molar-refractivity contribution in [3.05, 3.63) is 90.5 Å². The van der Waals surface area contributed by atoms with Crippen LogP contribution in [-0.2, 0) is 0 Å². The van der Waals surface area contributed by atoms with Crippen LogP contribution in [-0.4, -0.2) is 9.55 Å². The van der Waals surface area contributed by atoms with E-state index in [1.165, 1.54) is 22.9 Å². The molecule has 3 nitrogen and oxygen atoms in total. The Balaban J connectivity index is 0.00000181. The van der Waals surface area contributed by atoms with Gasteiger partial charge in [0.05, 0.1) is 16.6 Å². The Hall–Kier alpha value is -3.15. The monoisotopic (exact) mass is 419 g/mol. The number of aromatic nitrogens is 3. The molecule has 0 aliphatic carbocycles. The average molecular weight is 420 g/mol. The molecule has 4 aromatic heterocycles. The molecule has 6 aromatic rings. The van der Waals surface area contributed by atoms with Gasteiger partial charge in [-0.05, 0) is 47.8 Å². The van der Waals surface area contributed by atoms with Crippen LogP contribution < -0.4 is 16.8 Å². The summed E-state index contributed by atoms with van der Waals surface area (Å²) >= 11 is 1.70. The van der Waals surface area contributed by atoms with Gasteiger partial charge >= 0.3 is 0 Å². The maximum Gasteiger partial charge on any atom is 0.254 e. The number of para-hydroxylation sites is 1. The van der Waals surface area contributed by atoms with Crippen LogP contribution in [0.15, 0.2) is 84.6 Å². The number of benzene rings is 2. The summed E-state index contributed by atoms with van der Waals surface area (Å²) in [5.41, 5.74) is 5.36. The summed E-state index contributed by atoms with van der Waals surface area (Å²) in [6.07, 6.45) is 4.15. The van der Waals surface area contributed by atoms with Gasteiger partial charge < -0.3 is 17.4 Å². The largest absolute Gasteiger partial charge is 1.00 e. The van der Waals surface area contributed by atoms with Crippen molar-refractivity contribution in [2.75, 3.05) is 0 Å². The van der Waals surface area contributed by atoms with Crippen molar-refractivity contribution in [2.24, 2.45) is 0 Å². The summed E-state index contributed by atoms with van der Waals surface area (Å²) in [7, 11) is 0. The van der Waals surface area contributed by atoms with E-state index in [0.717, 1.165) is 32.8 Å². The molecule has 6 heteroatoms. The standard InChI is InChI=1S/C23H15FN3S.ClH/c24-15-7-9-16(10-8-15)27-14-26-12-11-18-17-4-1-2-5-19(17)25-21(18)23(26)22(27)20-6-3-13-28-20;/h1-14,25H;1H/q+1;/p-1. The summed E-state index contributed by atoms with van der Waals surface area (Å²) in [5.74, 6) is -0.233. The number of H-pyrrole nitrogens is 1. The molecule has 0 radical (unpaired) electrons. The van der Waals surface area contributed by atoms with E-state index in [4.69, 9.17) is 0 Å². The van der Waals surface area contributed by atoms with Crippen molar-refractivity contribution in [3.8, 4) is 16.3 Å². The molecule has 0 fully saturated rings. The maximum atomic E-state index is 13.5. The molecular formula is C23H15ClFN3S. The fourth-order valence-electron chi connectivity index (χ4n) is 3.96. The van der Waals surface area contributed by atoms with Crippen LogP contribution in [0.3, 0.4) is 0 Å². The number of hydrogen-bond acceptors (Lipinski definition) is 1. The zero-order chi connectivity index (χ0) is 18.7. The highest BCUT2D eigenvalue weighted by molar-refractivity contribution is 7.13. The summed E-state index contributed by atoms with van der Waals surface area (Å²) in [6, 6.07) is 21.3. The molecule has 0 aliphatic heterocycles. The summed E-state index contributed by atoms with van der Waals surface area (Å²) < 4.78 is 17.8. The molecule has 29 heavy (non-hydrogen) atoms. The first kappa shape index (κ1) is 17.9. The maximum absolute atomic E-state index is 13.5. The lowest BCUT2D eigenvalue weighted by molar-refractivity contribution is -0.510. The quantitative estimate of drug-likeness (QED) is 0.417. The number of thiophene rings is 1. The second kappa shape index (κ2) is 6.72. The van der Waals surface area contributed by atoms with E-state index in [2.05, 4.69) is 68.3 Å². The summed E-state index contributed by atoms with van der Waals surface area (Å²) in [5, 5.41) is 4.50. The van der Waals surface area contributed by atoms with Gasteiger partial charge in [-0.3, -0.25) is 0 Å². The Morgan fingerprint density at radius 1 is 0.897 bits per heavy atom. The fourth-order valence-corrected chi connectivity index (χ4v) is 4.73. The summed E-state index contributed by atoms with van der Waals surface area (Å²) in [6.45, 7) is 0. The van der Waals surface area contributed by atoms with E-state index in [9.17, 15) is 4.39 Å². The molecule has 142 valence electrons. The Bertz CT molecular complexity index is 1460. The fraction of sp³-hybridized carbons (Fsp3) is 0. The van der Waals surface area contributed by atoms with E-state index in [1.54, 1.807) is 11.3 Å². The van der Waals surface area contributed by atoms with Crippen molar-refractivity contribution in [1.82, 2.24) is 9.55 Å². The molecule has 4 heterocycles. The lowest BCUT2D eigenvalue weighted by Gasteiger charge is -2.00. The van der Waals surface area contributed by atoms with Crippen molar-refractivity contribution < 1.29 is 21.2 Å². The highest BCUT2D eigenvalue weighted by atomic mass is 35.5. The molecule has 0 saturated carbocycles. The van der Waals surface area contributed by atoms with Crippen molar-refractivity contribution in [1.29, 1.82) is 0 Å². The molecule has 1 N–H and O–H groups in total. The van der Waals surface area contributed by atoms with E-state index in [1.807, 2.05) is 18.2 Å². The summed E-state index contributed by atoms with van der Waals surface area (Å²) in [4.78, 5) is 4.77. The van der Waals surface area contributed by atoms with Gasteiger partial charge in [0.25, 0.3) is 6.33 Å². The van der Waals surface area contributed by atoms with Crippen LogP contribution in [0.2, 0.25) is 0 Å². The van der Waals surface area contributed by atoms with Crippen LogP contribution in [0.25, 0.3) is 43.6 Å². The SMILES string of the molecule is Fc1ccc(-n2c[n+]3ccc4c5ccccc5[nH]c4c3c2-c2cccs2)cc1.[Cl-]. The molecule has 0 unspecified atom stereocenters. The Morgan fingerprint density at radius 3 is 2.52 bits per heavy atom. The number of halogens is 2. The van der Waals surface area contributed by atoms with E-state index < -0.39 is 0 Å². The predicted octanol–water partition coefficient (Wildman–Crippen LogP) is 2.72. The topological polar surface area (TPSA) is 24.8 Å². The lowest BCUT2D eigenvalue weighted by atomic mass is 10.1. The zero-order valence-electron chi connectivity index (χ0n) is 15.1. The number of hydrogen-bond donors (Lipinski definition) is 1. The van der Waals surface area contributed by atoms with Crippen molar-refractivity contribution in [2.45, 2.75) is 0 Å². The zero-order valence-corrected chi connectivity index (χ0v) is 16.7. The molecule has 0 bridgehead atoms. The number of fused-ring (bicyclic) bond motifs is 5. The molecular weight excluding hydrogens is 405 g/mol. The molecule has 0 saturated heterocycles. The normalized spacial score (nSPS) is 11.3. The van der Waals surface area contributed by atoms with Crippen LogP contribution in [0.1, 0.15) is 0 Å². The second-order valence-corrected chi connectivity index (χ2v) is 7.77. The molecule has 0 atom stereocenters. The van der Waals surface area contributed by atoms with Crippen LogP contribution in [0.4, 0.5) is 4.39 Å². The van der Waals surface area contributed by atoms with Gasteiger partial charge in [0, 0.05) is 16.3 Å². The Kier molecular flexibility index (Phi) is 4.15. The van der Waals surface area contributed by atoms with Gasteiger partial charge in [-0.1, -0.05) is 24.3 Å². The minimum atomic E-state index is -0.233. The van der Waals surface area contributed by atoms with E-state index in [0.29, 0.717) is 0 Å². The number of rotatable bonds is 2. The smallest absolute Gasteiger partial charge is 0.254 e. The van der Waals surface area contributed by atoms with Gasteiger partial charge in [0.1, 0.15) is 11.5 Å². The molecule has 0 amide bonds. The number of imidazole rings is 1. The highest BCUT2D eigenvalue weighted by Crippen LogP contribution is 2.35. The third-order valence-electron chi connectivity index (χ3n) is 5.21. The molecule has 6 rings (SSSR count). The molecule has 2 aromatic carbocycles. The van der Waals surface area contributed by atoms with Gasteiger partial charge in [0.2, 0.25) is 5.52 Å². The van der Waals surface area contributed by atoms with Crippen molar-refractivity contribution >= 4 is 38.7 Å². The number of nitrogens with zero attached hydrogens (tertiary/aromatic N) is 2. The minimum absolute atomic E-state index is 0. The lowest BCUT2D eigenvalue weighted by Crippen LogP contribution is -3.00. The van der Waals surface area contributed by atoms with Crippen molar-refractivity contribution in [3.63, 3.8) is 0 Å². The minimum Gasteiger partial charge on any atom is -1.00 e. The first-order valence-corrected chi connectivity index (χ1v) is 9.93. The predicted molar refractivity (Wildman–Crippen MR) is 112 cm³/mol. The molecule has 0 aliphatic rings. The van der Waals surface area contributed by atoms with Gasteiger partial charge in [-0.2, -0.15) is 8.97 Å². The average Bonchev–Trinajstić information content (AvgIpc) is 3.44. The van der Waals surface area contributed by atoms with Crippen LogP contribution in [0, 0.1) is 5.82 Å². The number of nitrogens with one attached hydrogen (secondary N) is 1. The van der Waals surface area contributed by atoms with Gasteiger partial charge in [-0.25, -0.2) is 4.39 Å². The van der Waals surface area contributed by atoms with Gasteiger partial charge in [-0.15, -0.1) is 11.3 Å². The Labute approximate surface area is 176 Å². The van der Waals surface area contributed by atoms with E-state index in [-0.39, 0.29) is 18.2 Å². The first-order valence-electron chi connectivity index (χ1n) is 9.05. The number of pyridine rings is 1. The third kappa shape index (κ3) is 2.66. The number of aromatic amines is 1. The third-order valence-corrected chi connectivity index (χ3v) is 6.08. The highest BCUT2D eigenvalue weighted by Gasteiger charge is 2.25. The molecule has 0 spiro atoms. The second-order valence-electron chi connectivity index (χ2n) is 6.82.